The zero-order valence-electron chi connectivity index (χ0n) is 9.33. The quantitative estimate of drug-likeness (QED) is 0.758. The van der Waals surface area contributed by atoms with E-state index in [-0.39, 0.29) is 6.42 Å². The van der Waals surface area contributed by atoms with Crippen LogP contribution in [-0.4, -0.2) is 26.3 Å². The Bertz CT molecular complexity index is 441. The van der Waals surface area contributed by atoms with Gasteiger partial charge in [0, 0.05) is 0 Å². The van der Waals surface area contributed by atoms with E-state index in [1.807, 2.05) is 0 Å². The number of methoxy groups -OCH3 is 1. The Morgan fingerprint density at radius 1 is 1.41 bits per heavy atom. The molecule has 0 bridgehead atoms. The predicted molar refractivity (Wildman–Crippen MR) is 55.5 cm³/mol. The highest BCUT2D eigenvalue weighted by Gasteiger charge is 2.43. The summed E-state index contributed by atoms with van der Waals surface area (Å²) in [5.74, 6) is -2.21. The second-order valence-electron chi connectivity index (χ2n) is 4.15. The zero-order valence-corrected chi connectivity index (χ0v) is 9.33. The molecule has 0 aliphatic carbocycles. The second kappa shape index (κ2) is 4.41. The van der Waals surface area contributed by atoms with E-state index in [0.717, 1.165) is 12.1 Å². The van der Waals surface area contributed by atoms with E-state index in [4.69, 9.17) is 4.74 Å². The van der Waals surface area contributed by atoms with Crippen LogP contribution in [0.1, 0.15) is 12.0 Å². The van der Waals surface area contributed by atoms with Crippen LogP contribution in [0.3, 0.4) is 0 Å². The fraction of sp³-hybridized carbons (Fsp3) is 0.417. The predicted octanol–water partition coefficient (Wildman–Crippen LogP) is 1.80. The number of carbonyl (C=O) groups is 1. The third-order valence-electron chi connectivity index (χ3n) is 3.00. The Kier molecular flexibility index (Phi) is 3.11. The van der Waals surface area contributed by atoms with Gasteiger partial charge in [-0.05, 0) is 17.7 Å². The van der Waals surface area contributed by atoms with Crippen LogP contribution in [0.5, 0.6) is 0 Å². The smallest absolute Gasteiger partial charge is 0.306 e. The number of carbonyl (C=O) groups excluding carboxylic acids is 1. The van der Waals surface area contributed by atoms with Crippen LogP contribution in [0, 0.1) is 11.6 Å². The molecule has 0 spiro atoms. The summed E-state index contributed by atoms with van der Waals surface area (Å²) < 4.78 is 35.7. The van der Waals surface area contributed by atoms with Gasteiger partial charge in [-0.2, -0.15) is 0 Å². The Morgan fingerprint density at radius 2 is 2.12 bits per heavy atom. The third kappa shape index (κ3) is 2.15. The summed E-state index contributed by atoms with van der Waals surface area (Å²) >= 11 is 0. The van der Waals surface area contributed by atoms with E-state index in [1.54, 1.807) is 0 Å². The first-order chi connectivity index (χ1) is 8.07. The van der Waals surface area contributed by atoms with Crippen LogP contribution < -0.4 is 0 Å². The summed E-state index contributed by atoms with van der Waals surface area (Å²) in [4.78, 5) is 11.3. The highest BCUT2D eigenvalue weighted by molar-refractivity contribution is 5.71. The van der Waals surface area contributed by atoms with Crippen molar-refractivity contribution in [3.05, 3.63) is 35.4 Å². The minimum Gasteiger partial charge on any atom is -0.469 e. The van der Waals surface area contributed by atoms with Crippen molar-refractivity contribution < 1.29 is 23.0 Å². The van der Waals surface area contributed by atoms with Crippen LogP contribution in [0.15, 0.2) is 18.2 Å². The number of benzene rings is 1. The average Bonchev–Trinajstić information content (AvgIpc) is 2.27. The van der Waals surface area contributed by atoms with Crippen LogP contribution in [0.25, 0.3) is 0 Å². The van der Waals surface area contributed by atoms with Crippen molar-refractivity contribution in [2.45, 2.75) is 11.8 Å². The number of halogens is 2. The Labute approximate surface area is 97.3 Å². The van der Waals surface area contributed by atoms with Gasteiger partial charge in [0.2, 0.25) is 0 Å². The third-order valence-corrected chi connectivity index (χ3v) is 3.00. The molecule has 5 heteroatoms. The van der Waals surface area contributed by atoms with Gasteiger partial charge in [-0.1, -0.05) is 6.07 Å². The number of rotatable bonds is 3. The largest absolute Gasteiger partial charge is 0.469 e. The molecule has 0 unspecified atom stereocenters. The highest BCUT2D eigenvalue weighted by atomic mass is 19.2. The monoisotopic (exact) mass is 242 g/mol. The topological polar surface area (TPSA) is 35.5 Å². The molecule has 2 rings (SSSR count). The van der Waals surface area contributed by atoms with E-state index in [1.165, 1.54) is 13.2 Å². The molecule has 0 radical (unpaired) electrons. The van der Waals surface area contributed by atoms with Gasteiger partial charge in [0.05, 0.1) is 32.2 Å². The van der Waals surface area contributed by atoms with Gasteiger partial charge < -0.3 is 9.47 Å². The summed E-state index contributed by atoms with van der Waals surface area (Å²) in [6.07, 6.45) is 0.106. The molecule has 0 atom stereocenters. The van der Waals surface area contributed by atoms with E-state index >= 15 is 0 Å². The molecule has 1 fully saturated rings. The molecule has 92 valence electrons. The number of esters is 1. The lowest BCUT2D eigenvalue weighted by atomic mass is 9.76. The number of hydrogen-bond donors (Lipinski definition) is 0. The standard InChI is InChI=1S/C12H12F2O3/c1-16-11(15)5-12(6-17-7-12)8-2-3-9(13)10(14)4-8/h2-4H,5-7H2,1H3. The van der Waals surface area contributed by atoms with E-state index in [2.05, 4.69) is 4.74 Å². The molecule has 1 aliphatic rings. The normalized spacial score (nSPS) is 17.4. The molecule has 1 aromatic carbocycles. The summed E-state index contributed by atoms with van der Waals surface area (Å²) in [7, 11) is 1.29. The van der Waals surface area contributed by atoms with Crippen molar-refractivity contribution >= 4 is 5.97 Å². The highest BCUT2D eigenvalue weighted by Crippen LogP contribution is 2.36. The molecular formula is C12H12F2O3. The van der Waals surface area contributed by atoms with Crippen molar-refractivity contribution in [3.63, 3.8) is 0 Å². The molecule has 0 aromatic heterocycles. The molecule has 17 heavy (non-hydrogen) atoms. The maximum absolute atomic E-state index is 13.2. The average molecular weight is 242 g/mol. The summed E-state index contributed by atoms with van der Waals surface area (Å²) in [5, 5.41) is 0. The molecular weight excluding hydrogens is 230 g/mol. The molecule has 3 nitrogen and oxygen atoms in total. The maximum atomic E-state index is 13.2. The Hall–Kier alpha value is -1.49. The van der Waals surface area contributed by atoms with Gasteiger partial charge in [0.15, 0.2) is 11.6 Å². The molecule has 0 N–H and O–H groups in total. The van der Waals surface area contributed by atoms with Crippen LogP contribution in [0.4, 0.5) is 8.78 Å². The number of ether oxygens (including phenoxy) is 2. The van der Waals surface area contributed by atoms with Crippen LogP contribution in [-0.2, 0) is 19.7 Å². The number of hydrogen-bond acceptors (Lipinski definition) is 3. The van der Waals surface area contributed by atoms with E-state index in [0.29, 0.717) is 18.8 Å². The zero-order chi connectivity index (χ0) is 12.5. The van der Waals surface area contributed by atoms with Crippen molar-refractivity contribution in [1.82, 2.24) is 0 Å². The van der Waals surface area contributed by atoms with Crippen LogP contribution >= 0.6 is 0 Å². The van der Waals surface area contributed by atoms with E-state index < -0.39 is 23.0 Å². The minimum absolute atomic E-state index is 0.106. The minimum atomic E-state index is -0.918. The first kappa shape index (κ1) is 12.0. The van der Waals surface area contributed by atoms with Crippen LogP contribution in [0.2, 0.25) is 0 Å². The van der Waals surface area contributed by atoms with Gasteiger partial charge in [0.25, 0.3) is 0 Å². The lowest BCUT2D eigenvalue weighted by Crippen LogP contribution is -2.48. The Balaban J connectivity index is 2.28. The first-order valence-electron chi connectivity index (χ1n) is 5.17. The van der Waals surface area contributed by atoms with Gasteiger partial charge in [-0.15, -0.1) is 0 Å². The van der Waals surface area contributed by atoms with Gasteiger partial charge in [-0.25, -0.2) is 8.78 Å². The maximum Gasteiger partial charge on any atom is 0.306 e. The lowest BCUT2D eigenvalue weighted by molar-refractivity contribution is -0.148. The molecule has 1 aromatic rings. The van der Waals surface area contributed by atoms with Crippen molar-refractivity contribution in [1.29, 1.82) is 0 Å². The molecule has 0 amide bonds. The van der Waals surface area contributed by atoms with E-state index in [9.17, 15) is 13.6 Å². The lowest BCUT2D eigenvalue weighted by Gasteiger charge is -2.41. The van der Waals surface area contributed by atoms with Gasteiger partial charge in [-0.3, -0.25) is 4.79 Å². The van der Waals surface area contributed by atoms with Crippen molar-refractivity contribution in [2.24, 2.45) is 0 Å². The Morgan fingerprint density at radius 3 is 2.59 bits per heavy atom. The summed E-state index contributed by atoms with van der Waals surface area (Å²) in [6, 6.07) is 3.65. The summed E-state index contributed by atoms with van der Waals surface area (Å²) in [5.41, 5.74) is -0.0187. The molecule has 1 aliphatic heterocycles. The fourth-order valence-electron chi connectivity index (χ4n) is 1.89. The molecule has 0 saturated carbocycles. The molecule has 1 heterocycles. The van der Waals surface area contributed by atoms with Crippen molar-refractivity contribution in [3.8, 4) is 0 Å². The SMILES string of the molecule is COC(=O)CC1(c2ccc(F)c(F)c2)COC1. The fourth-order valence-corrected chi connectivity index (χ4v) is 1.89. The summed E-state index contributed by atoms with van der Waals surface area (Å²) in [6.45, 7) is 0.625. The van der Waals surface area contributed by atoms with Gasteiger partial charge >= 0.3 is 5.97 Å². The molecule has 1 saturated heterocycles. The van der Waals surface area contributed by atoms with Gasteiger partial charge in [0.1, 0.15) is 0 Å². The van der Waals surface area contributed by atoms with Crippen molar-refractivity contribution in [2.75, 3.05) is 20.3 Å². The second-order valence-corrected chi connectivity index (χ2v) is 4.15. The first-order valence-corrected chi connectivity index (χ1v) is 5.17.